The summed E-state index contributed by atoms with van der Waals surface area (Å²) in [5, 5.41) is 13.5. The number of rotatable bonds is 5. The van der Waals surface area contributed by atoms with Gasteiger partial charge < -0.3 is 19.3 Å². The van der Waals surface area contributed by atoms with E-state index in [0.717, 1.165) is 11.3 Å². The van der Waals surface area contributed by atoms with Crippen LogP contribution in [0.3, 0.4) is 0 Å². The topological polar surface area (TPSA) is 75.6 Å². The third kappa shape index (κ3) is 3.51. The molecule has 0 saturated heterocycles. The number of benzene rings is 1. The van der Waals surface area contributed by atoms with E-state index in [4.69, 9.17) is 8.83 Å². The quantitative estimate of drug-likeness (QED) is 0.741. The Balaban J connectivity index is 1.76. The molecule has 2 aromatic heterocycles. The van der Waals surface area contributed by atoms with Crippen molar-refractivity contribution in [2.75, 3.05) is 6.54 Å². The van der Waals surface area contributed by atoms with Gasteiger partial charge in [-0.05, 0) is 38.5 Å². The first-order valence-corrected chi connectivity index (χ1v) is 8.09. The van der Waals surface area contributed by atoms with Gasteiger partial charge in [0.15, 0.2) is 5.76 Å². The SMILES string of the molecule is Cc1cc(C(C)(O)CNC(=O)c2occc2-c2ccccc2)c(C)o1. The van der Waals surface area contributed by atoms with Crippen molar-refractivity contribution in [1.82, 2.24) is 5.32 Å². The molecule has 3 aromatic rings. The molecular formula is C20H21NO4. The van der Waals surface area contributed by atoms with E-state index >= 15 is 0 Å². The van der Waals surface area contributed by atoms with Gasteiger partial charge in [-0.15, -0.1) is 0 Å². The third-order valence-electron chi connectivity index (χ3n) is 4.17. The molecule has 0 aliphatic heterocycles. The van der Waals surface area contributed by atoms with Gasteiger partial charge in [0.2, 0.25) is 0 Å². The first-order chi connectivity index (χ1) is 11.9. The summed E-state index contributed by atoms with van der Waals surface area (Å²) in [7, 11) is 0. The highest BCUT2D eigenvalue weighted by Gasteiger charge is 2.29. The first kappa shape index (κ1) is 17.0. The highest BCUT2D eigenvalue weighted by molar-refractivity contribution is 5.98. The highest BCUT2D eigenvalue weighted by Crippen LogP contribution is 2.27. The Morgan fingerprint density at radius 2 is 1.92 bits per heavy atom. The zero-order valence-corrected chi connectivity index (χ0v) is 14.5. The first-order valence-electron chi connectivity index (χ1n) is 8.09. The number of aryl methyl sites for hydroxylation is 2. The second-order valence-electron chi connectivity index (χ2n) is 6.31. The van der Waals surface area contributed by atoms with Crippen LogP contribution in [0.5, 0.6) is 0 Å². The maximum atomic E-state index is 12.5. The Labute approximate surface area is 146 Å². The molecule has 2 heterocycles. The molecule has 130 valence electrons. The van der Waals surface area contributed by atoms with Crippen molar-refractivity contribution >= 4 is 5.91 Å². The fourth-order valence-electron chi connectivity index (χ4n) is 2.92. The van der Waals surface area contributed by atoms with Crippen LogP contribution in [0.25, 0.3) is 11.1 Å². The minimum absolute atomic E-state index is 0.0422. The number of amides is 1. The Hall–Kier alpha value is -2.79. The number of carbonyl (C=O) groups is 1. The number of hydrogen-bond acceptors (Lipinski definition) is 4. The lowest BCUT2D eigenvalue weighted by atomic mass is 9.96. The van der Waals surface area contributed by atoms with Crippen LogP contribution in [-0.2, 0) is 5.60 Å². The van der Waals surface area contributed by atoms with Crippen LogP contribution >= 0.6 is 0 Å². The molecule has 0 aliphatic rings. The van der Waals surface area contributed by atoms with E-state index in [1.807, 2.05) is 37.3 Å². The minimum Gasteiger partial charge on any atom is -0.466 e. The van der Waals surface area contributed by atoms with Gasteiger partial charge in [-0.1, -0.05) is 30.3 Å². The molecule has 1 amide bonds. The van der Waals surface area contributed by atoms with Crippen LogP contribution in [0.15, 0.2) is 57.6 Å². The molecule has 0 aliphatic carbocycles. The summed E-state index contributed by atoms with van der Waals surface area (Å²) in [4.78, 5) is 12.5. The van der Waals surface area contributed by atoms with Crippen LogP contribution in [0.2, 0.25) is 0 Å². The van der Waals surface area contributed by atoms with Crippen LogP contribution in [-0.4, -0.2) is 17.6 Å². The van der Waals surface area contributed by atoms with E-state index in [1.165, 1.54) is 6.26 Å². The van der Waals surface area contributed by atoms with Gasteiger partial charge in [-0.25, -0.2) is 0 Å². The normalized spacial score (nSPS) is 13.4. The van der Waals surface area contributed by atoms with Crippen molar-refractivity contribution < 1.29 is 18.7 Å². The van der Waals surface area contributed by atoms with Crippen molar-refractivity contribution in [1.29, 1.82) is 0 Å². The summed E-state index contributed by atoms with van der Waals surface area (Å²) in [5.74, 6) is 1.21. The molecule has 5 heteroatoms. The van der Waals surface area contributed by atoms with Crippen molar-refractivity contribution in [2.45, 2.75) is 26.4 Å². The summed E-state index contributed by atoms with van der Waals surface area (Å²) >= 11 is 0. The molecule has 25 heavy (non-hydrogen) atoms. The Morgan fingerprint density at radius 1 is 1.20 bits per heavy atom. The van der Waals surface area contributed by atoms with E-state index in [-0.39, 0.29) is 18.2 Å². The third-order valence-corrected chi connectivity index (χ3v) is 4.17. The standard InChI is InChI=1S/C20H21NO4/c1-13-11-17(14(2)25-13)20(3,23)12-21-19(22)18-16(9-10-24-18)15-7-5-4-6-8-15/h4-11,23H,12H2,1-3H3,(H,21,22). The van der Waals surface area contributed by atoms with Gasteiger partial charge in [0, 0.05) is 11.1 Å². The minimum atomic E-state index is -1.24. The zero-order valence-electron chi connectivity index (χ0n) is 14.5. The summed E-state index contributed by atoms with van der Waals surface area (Å²) in [5.41, 5.74) is 1.03. The van der Waals surface area contributed by atoms with Crippen molar-refractivity contribution in [2.24, 2.45) is 0 Å². The van der Waals surface area contributed by atoms with Gasteiger partial charge in [0.1, 0.15) is 17.1 Å². The Bertz CT molecular complexity index is 874. The predicted octanol–water partition coefficient (Wildman–Crippen LogP) is 3.79. The lowest BCUT2D eigenvalue weighted by Crippen LogP contribution is -2.38. The molecule has 0 fully saturated rings. The molecule has 0 spiro atoms. The van der Waals surface area contributed by atoms with Crippen LogP contribution in [0.1, 0.15) is 34.6 Å². The van der Waals surface area contributed by atoms with E-state index in [1.54, 1.807) is 26.0 Å². The van der Waals surface area contributed by atoms with Crippen LogP contribution in [0, 0.1) is 13.8 Å². The number of furan rings is 2. The fourth-order valence-corrected chi connectivity index (χ4v) is 2.92. The molecule has 0 radical (unpaired) electrons. The average molecular weight is 339 g/mol. The summed E-state index contributed by atoms with van der Waals surface area (Å²) in [6, 6.07) is 13.1. The molecule has 1 atom stereocenters. The maximum absolute atomic E-state index is 12.5. The number of hydrogen-bond donors (Lipinski definition) is 2. The molecular weight excluding hydrogens is 318 g/mol. The van der Waals surface area contributed by atoms with E-state index < -0.39 is 5.60 Å². The predicted molar refractivity (Wildman–Crippen MR) is 94.2 cm³/mol. The van der Waals surface area contributed by atoms with Gasteiger partial charge in [-0.3, -0.25) is 4.79 Å². The molecule has 0 saturated carbocycles. The smallest absolute Gasteiger partial charge is 0.287 e. The van der Waals surface area contributed by atoms with Crippen molar-refractivity contribution in [3.05, 3.63) is 71.6 Å². The van der Waals surface area contributed by atoms with Gasteiger partial charge in [-0.2, -0.15) is 0 Å². The molecule has 3 rings (SSSR count). The zero-order chi connectivity index (χ0) is 18.0. The van der Waals surface area contributed by atoms with E-state index in [2.05, 4.69) is 5.32 Å². The monoisotopic (exact) mass is 339 g/mol. The second kappa shape index (κ2) is 6.61. The van der Waals surface area contributed by atoms with Gasteiger partial charge in [0.05, 0.1) is 12.8 Å². The summed E-state index contributed by atoms with van der Waals surface area (Å²) < 4.78 is 10.8. The number of nitrogens with one attached hydrogen (secondary N) is 1. The Kier molecular flexibility index (Phi) is 4.51. The van der Waals surface area contributed by atoms with E-state index in [9.17, 15) is 9.90 Å². The number of carbonyl (C=O) groups excluding carboxylic acids is 1. The molecule has 0 bridgehead atoms. The molecule has 5 nitrogen and oxygen atoms in total. The molecule has 1 aromatic carbocycles. The van der Waals surface area contributed by atoms with E-state index in [0.29, 0.717) is 16.9 Å². The Morgan fingerprint density at radius 3 is 2.56 bits per heavy atom. The van der Waals surface area contributed by atoms with Crippen LogP contribution in [0.4, 0.5) is 0 Å². The average Bonchev–Trinajstić information content (AvgIpc) is 3.20. The van der Waals surface area contributed by atoms with Crippen molar-refractivity contribution in [3.63, 3.8) is 0 Å². The maximum Gasteiger partial charge on any atom is 0.287 e. The second-order valence-corrected chi connectivity index (χ2v) is 6.31. The van der Waals surface area contributed by atoms with Gasteiger partial charge in [0.25, 0.3) is 5.91 Å². The molecule has 2 N–H and O–H groups in total. The highest BCUT2D eigenvalue weighted by atomic mass is 16.3. The molecule has 1 unspecified atom stereocenters. The lowest BCUT2D eigenvalue weighted by molar-refractivity contribution is 0.0507. The fraction of sp³-hybridized carbons (Fsp3) is 0.250. The lowest BCUT2D eigenvalue weighted by Gasteiger charge is -2.23. The van der Waals surface area contributed by atoms with Crippen LogP contribution < -0.4 is 5.32 Å². The summed E-state index contributed by atoms with van der Waals surface area (Å²) in [6.45, 7) is 5.30. The largest absolute Gasteiger partial charge is 0.466 e. The van der Waals surface area contributed by atoms with Crippen molar-refractivity contribution in [3.8, 4) is 11.1 Å². The van der Waals surface area contributed by atoms with Gasteiger partial charge >= 0.3 is 0 Å². The number of aliphatic hydroxyl groups is 1. The summed E-state index contributed by atoms with van der Waals surface area (Å²) in [6.07, 6.45) is 1.49.